The third-order valence-corrected chi connectivity index (χ3v) is 15.3. The lowest BCUT2D eigenvalue weighted by Crippen LogP contribution is -2.19. The van der Waals surface area contributed by atoms with Gasteiger partial charge in [0.15, 0.2) is 0 Å². The molecule has 6 atom stereocenters. The van der Waals surface area contributed by atoms with Gasteiger partial charge in [0.2, 0.25) is 0 Å². The molecule has 4 bridgehead atoms. The van der Waals surface area contributed by atoms with Crippen molar-refractivity contribution < 1.29 is 0 Å². The van der Waals surface area contributed by atoms with Crippen molar-refractivity contribution in [3.8, 4) is 22.3 Å². The normalized spacial score (nSPS) is 28.1. The standard InChI is InChI=1S/C50H51N/c1-49(2)45-8-6-5-7-39(45)43-28-44-40-22-21-38(27-46(40)50(3,4)48(44)29-47(43)49)51(36-17-13-32(14-18-36)41-25-30-9-11-34(41)23-30)37-19-15-33(16-20-37)42-26-31-10-12-35(42)24-31/h5-8,13-22,27-31,34-35,41-42H,9-12,23-26H2,1-4H3. The summed E-state index contributed by atoms with van der Waals surface area (Å²) in [6.45, 7) is 9.70. The predicted octanol–water partition coefficient (Wildman–Crippen LogP) is 13.6. The van der Waals surface area contributed by atoms with Gasteiger partial charge in [-0.1, -0.05) is 101 Å². The van der Waals surface area contributed by atoms with Gasteiger partial charge in [-0.25, -0.2) is 0 Å². The maximum atomic E-state index is 2.56. The Morgan fingerprint density at radius 1 is 0.431 bits per heavy atom. The van der Waals surface area contributed by atoms with Crippen molar-refractivity contribution in [2.24, 2.45) is 23.7 Å². The summed E-state index contributed by atoms with van der Waals surface area (Å²) in [6.07, 6.45) is 11.5. The monoisotopic (exact) mass is 665 g/mol. The highest BCUT2D eigenvalue weighted by Crippen LogP contribution is 2.58. The molecule has 1 heteroatoms. The molecule has 256 valence electrons. The summed E-state index contributed by atoms with van der Waals surface area (Å²) in [4.78, 5) is 2.54. The van der Waals surface area contributed by atoms with E-state index >= 15 is 0 Å². The highest BCUT2D eigenvalue weighted by molar-refractivity contribution is 5.91. The number of nitrogens with zero attached hydrogens (tertiary/aromatic N) is 1. The lowest BCUT2D eigenvalue weighted by Gasteiger charge is -2.30. The molecule has 6 unspecified atom stereocenters. The Morgan fingerprint density at radius 3 is 1.45 bits per heavy atom. The van der Waals surface area contributed by atoms with Crippen LogP contribution in [0.1, 0.15) is 124 Å². The maximum Gasteiger partial charge on any atom is 0.0465 e. The van der Waals surface area contributed by atoms with Crippen LogP contribution in [-0.4, -0.2) is 0 Å². The molecule has 0 amide bonds. The first-order valence-electron chi connectivity index (χ1n) is 20.2. The summed E-state index contributed by atoms with van der Waals surface area (Å²) in [7, 11) is 0. The highest BCUT2D eigenvalue weighted by atomic mass is 15.1. The molecule has 11 rings (SSSR count). The van der Waals surface area contributed by atoms with Crippen LogP contribution < -0.4 is 4.90 Å². The van der Waals surface area contributed by atoms with Crippen LogP contribution in [0, 0.1) is 23.7 Å². The van der Waals surface area contributed by atoms with Gasteiger partial charge >= 0.3 is 0 Å². The zero-order valence-corrected chi connectivity index (χ0v) is 30.9. The molecule has 0 heterocycles. The Balaban J connectivity index is 1.00. The molecule has 0 N–H and O–H groups in total. The first kappa shape index (κ1) is 30.5. The van der Waals surface area contributed by atoms with Gasteiger partial charge in [0.25, 0.3) is 0 Å². The van der Waals surface area contributed by atoms with Crippen LogP contribution in [0.3, 0.4) is 0 Å². The Labute approximate surface area is 305 Å². The minimum absolute atomic E-state index is 0.00217. The van der Waals surface area contributed by atoms with E-state index in [1.165, 1.54) is 113 Å². The number of hydrogen-bond acceptors (Lipinski definition) is 1. The lowest BCUT2D eigenvalue weighted by molar-refractivity contribution is 0.420. The van der Waals surface area contributed by atoms with Crippen LogP contribution >= 0.6 is 0 Å². The van der Waals surface area contributed by atoms with E-state index in [0.29, 0.717) is 0 Å². The van der Waals surface area contributed by atoms with Crippen molar-refractivity contribution >= 4 is 17.1 Å². The third-order valence-electron chi connectivity index (χ3n) is 15.3. The van der Waals surface area contributed by atoms with Gasteiger partial charge in [0, 0.05) is 27.9 Å². The topological polar surface area (TPSA) is 3.24 Å². The Kier molecular flexibility index (Phi) is 6.42. The maximum absolute atomic E-state index is 2.56. The minimum Gasteiger partial charge on any atom is -0.310 e. The zero-order valence-electron chi connectivity index (χ0n) is 30.9. The molecule has 51 heavy (non-hydrogen) atoms. The fraction of sp³-hybridized carbons (Fsp3) is 0.400. The van der Waals surface area contributed by atoms with Gasteiger partial charge in [0.05, 0.1) is 0 Å². The number of benzene rings is 5. The molecule has 1 nitrogen and oxygen atoms in total. The quantitative estimate of drug-likeness (QED) is 0.181. The van der Waals surface area contributed by atoms with E-state index < -0.39 is 0 Å². The van der Waals surface area contributed by atoms with E-state index in [0.717, 1.165) is 35.5 Å². The van der Waals surface area contributed by atoms with E-state index in [9.17, 15) is 0 Å². The SMILES string of the molecule is CC1(C)c2ccccc2-c2cc3c(cc21)C(C)(C)c1cc(N(c2ccc(C4CC5CCC4C5)cc2)c2ccc(C4CC5CCC4C5)cc2)ccc1-3. The molecule has 0 aromatic heterocycles. The van der Waals surface area contributed by atoms with Crippen molar-refractivity contribution in [1.29, 1.82) is 0 Å². The van der Waals surface area contributed by atoms with Crippen LogP contribution in [0.4, 0.5) is 17.1 Å². The van der Waals surface area contributed by atoms with Crippen LogP contribution in [0.2, 0.25) is 0 Å². The summed E-state index contributed by atoms with van der Waals surface area (Å²) in [6, 6.07) is 41.0. The molecular formula is C50H51N. The van der Waals surface area contributed by atoms with Gasteiger partial charge in [0.1, 0.15) is 0 Å². The summed E-state index contributed by atoms with van der Waals surface area (Å²) >= 11 is 0. The minimum atomic E-state index is -0.0937. The smallest absolute Gasteiger partial charge is 0.0465 e. The molecule has 6 aliphatic carbocycles. The van der Waals surface area contributed by atoms with Crippen molar-refractivity contribution in [2.45, 2.75) is 102 Å². The predicted molar refractivity (Wildman–Crippen MR) is 213 cm³/mol. The molecule has 4 saturated carbocycles. The fourth-order valence-corrected chi connectivity index (χ4v) is 12.6. The second-order valence-corrected chi connectivity index (χ2v) is 18.6. The summed E-state index contributed by atoms with van der Waals surface area (Å²) in [5.41, 5.74) is 18.2. The van der Waals surface area contributed by atoms with E-state index in [2.05, 4.69) is 136 Å². The number of hydrogen-bond donors (Lipinski definition) is 0. The van der Waals surface area contributed by atoms with E-state index in [1.54, 1.807) is 11.1 Å². The van der Waals surface area contributed by atoms with Crippen LogP contribution in [0.25, 0.3) is 22.3 Å². The molecule has 0 saturated heterocycles. The third kappa shape index (κ3) is 4.39. The summed E-state index contributed by atoms with van der Waals surface area (Å²) in [5, 5.41) is 0. The Morgan fingerprint density at radius 2 is 0.922 bits per heavy atom. The molecule has 0 aliphatic heterocycles. The molecule has 4 fully saturated rings. The van der Waals surface area contributed by atoms with Crippen LogP contribution in [0.15, 0.2) is 103 Å². The number of fused-ring (bicyclic) bond motifs is 10. The summed E-state index contributed by atoms with van der Waals surface area (Å²) < 4.78 is 0. The molecule has 5 aromatic rings. The fourth-order valence-electron chi connectivity index (χ4n) is 12.6. The largest absolute Gasteiger partial charge is 0.310 e. The van der Waals surface area contributed by atoms with E-state index in [4.69, 9.17) is 0 Å². The first-order chi connectivity index (χ1) is 24.7. The van der Waals surface area contributed by atoms with E-state index in [1.807, 2.05) is 0 Å². The van der Waals surface area contributed by atoms with Gasteiger partial charge in [-0.2, -0.15) is 0 Å². The van der Waals surface area contributed by atoms with Crippen molar-refractivity contribution in [1.82, 2.24) is 0 Å². The molecule has 0 radical (unpaired) electrons. The molecule has 0 spiro atoms. The van der Waals surface area contributed by atoms with Crippen LogP contribution in [0.5, 0.6) is 0 Å². The molecule has 5 aromatic carbocycles. The van der Waals surface area contributed by atoms with Crippen molar-refractivity contribution in [3.05, 3.63) is 137 Å². The molecule has 6 aliphatic rings. The average Bonchev–Trinajstić information content (AvgIpc) is 4.02. The average molecular weight is 666 g/mol. The second kappa shape index (κ2) is 10.7. The van der Waals surface area contributed by atoms with Crippen molar-refractivity contribution in [3.63, 3.8) is 0 Å². The van der Waals surface area contributed by atoms with Gasteiger partial charge < -0.3 is 4.90 Å². The van der Waals surface area contributed by atoms with E-state index in [-0.39, 0.29) is 10.8 Å². The Bertz CT molecular complexity index is 2130. The highest BCUT2D eigenvalue weighted by Gasteiger charge is 2.43. The zero-order chi connectivity index (χ0) is 34.2. The van der Waals surface area contributed by atoms with Gasteiger partial charge in [-0.15, -0.1) is 0 Å². The molecular weight excluding hydrogens is 615 g/mol. The number of anilines is 3. The van der Waals surface area contributed by atoms with Gasteiger partial charge in [-0.3, -0.25) is 0 Å². The van der Waals surface area contributed by atoms with Crippen molar-refractivity contribution in [2.75, 3.05) is 4.90 Å². The van der Waals surface area contributed by atoms with Gasteiger partial charge in [-0.05, 0) is 172 Å². The second-order valence-electron chi connectivity index (χ2n) is 18.6. The Hall–Kier alpha value is -4.10. The summed E-state index contributed by atoms with van der Waals surface area (Å²) in [5.74, 6) is 5.24. The first-order valence-corrected chi connectivity index (χ1v) is 20.2. The van der Waals surface area contributed by atoms with Crippen LogP contribution in [-0.2, 0) is 10.8 Å². The number of rotatable bonds is 5. The lowest BCUT2D eigenvalue weighted by atomic mass is 9.77.